The minimum atomic E-state index is -0.367. The van der Waals surface area contributed by atoms with Crippen molar-refractivity contribution in [3.05, 3.63) is 227 Å². The summed E-state index contributed by atoms with van der Waals surface area (Å²) in [7, 11) is 0. The second-order valence-corrected chi connectivity index (χ2v) is 15.3. The van der Waals surface area contributed by atoms with Crippen LogP contribution in [0.1, 0.15) is 57.4 Å². The third-order valence-electron chi connectivity index (χ3n) is 12.4. The Bertz CT molecular complexity index is 2870. The fraction of sp³-hybridized carbons (Fsp3) is 0.0769. The Hall–Kier alpha value is -6.56. The fourth-order valence-corrected chi connectivity index (χ4v) is 9.94. The summed E-state index contributed by atoms with van der Waals surface area (Å²) in [6.45, 7) is 0. The Balaban J connectivity index is 0.948. The minimum Gasteiger partial charge on any atom is -0.456 e. The monoisotopic (exact) mass is 719 g/mol. The lowest BCUT2D eigenvalue weighted by Gasteiger charge is -2.39. The van der Waals surface area contributed by atoms with Crippen molar-refractivity contribution in [2.45, 2.75) is 23.9 Å². The molecule has 0 saturated carbocycles. The Morgan fingerprint density at radius 2 is 0.821 bits per heavy atom. The third kappa shape index (κ3) is 4.58. The van der Waals surface area contributed by atoms with Crippen molar-refractivity contribution in [1.82, 2.24) is 16.0 Å². The molecule has 3 aliphatic rings. The van der Waals surface area contributed by atoms with Gasteiger partial charge in [-0.2, -0.15) is 0 Å². The first-order valence-electron chi connectivity index (χ1n) is 19.5. The standard InChI is InChI=1S/C52H37N3O/c1-3-13-32(14-4-1)49-53-50(33-15-5-2-6-16-33)55-51(54-49)36-24-27-41-42-29-34(25-28-47(42)56-48(41)31-36)35-23-26-40-39-19-9-12-22-45(39)52(46(40)30-35)43-20-10-7-17-37(43)38-18-8-11-21-44(38)52/h1-31,49-51,53-55H. The summed E-state index contributed by atoms with van der Waals surface area (Å²) in [6, 6.07) is 68.5. The second-order valence-electron chi connectivity index (χ2n) is 15.3. The van der Waals surface area contributed by atoms with Crippen molar-refractivity contribution in [2.24, 2.45) is 0 Å². The van der Waals surface area contributed by atoms with Crippen LogP contribution in [-0.2, 0) is 5.41 Å². The molecule has 8 aromatic carbocycles. The van der Waals surface area contributed by atoms with Crippen LogP contribution in [-0.4, -0.2) is 0 Å². The Morgan fingerprint density at radius 3 is 1.41 bits per heavy atom. The molecular weight excluding hydrogens is 683 g/mol. The normalized spacial score (nSPS) is 18.8. The molecule has 0 radical (unpaired) electrons. The van der Waals surface area contributed by atoms with Gasteiger partial charge in [-0.3, -0.25) is 16.0 Å². The van der Waals surface area contributed by atoms with E-state index in [0.29, 0.717) is 0 Å². The molecule has 2 atom stereocenters. The molecule has 2 heterocycles. The Morgan fingerprint density at radius 1 is 0.339 bits per heavy atom. The predicted molar refractivity (Wildman–Crippen MR) is 226 cm³/mol. The molecule has 2 aliphatic carbocycles. The molecule has 1 fully saturated rings. The van der Waals surface area contributed by atoms with Gasteiger partial charge in [-0.15, -0.1) is 0 Å². The molecular formula is C52H37N3O. The molecule has 56 heavy (non-hydrogen) atoms. The zero-order valence-corrected chi connectivity index (χ0v) is 30.5. The first-order valence-corrected chi connectivity index (χ1v) is 19.5. The van der Waals surface area contributed by atoms with Crippen LogP contribution in [0, 0.1) is 0 Å². The molecule has 4 nitrogen and oxygen atoms in total. The predicted octanol–water partition coefficient (Wildman–Crippen LogP) is 11.8. The van der Waals surface area contributed by atoms with Crippen molar-refractivity contribution < 1.29 is 4.42 Å². The lowest BCUT2D eigenvalue weighted by molar-refractivity contribution is 0.203. The number of hydrogen-bond acceptors (Lipinski definition) is 4. The Labute approximate surface area is 325 Å². The van der Waals surface area contributed by atoms with E-state index in [-0.39, 0.29) is 23.9 Å². The fourth-order valence-electron chi connectivity index (χ4n) is 9.94. The van der Waals surface area contributed by atoms with Crippen LogP contribution in [0.3, 0.4) is 0 Å². The molecule has 1 aromatic heterocycles. The second kappa shape index (κ2) is 12.2. The van der Waals surface area contributed by atoms with Crippen molar-refractivity contribution in [2.75, 3.05) is 0 Å². The van der Waals surface area contributed by atoms with Crippen molar-refractivity contribution >= 4 is 21.9 Å². The maximum absolute atomic E-state index is 6.60. The van der Waals surface area contributed by atoms with Crippen LogP contribution in [0.15, 0.2) is 192 Å². The van der Waals surface area contributed by atoms with E-state index in [9.17, 15) is 0 Å². The summed E-state index contributed by atoms with van der Waals surface area (Å²) in [5.74, 6) is 0. The molecule has 9 aromatic rings. The maximum Gasteiger partial charge on any atom is 0.135 e. The van der Waals surface area contributed by atoms with E-state index in [1.54, 1.807) is 0 Å². The summed E-state index contributed by atoms with van der Waals surface area (Å²) in [5.41, 5.74) is 18.0. The number of benzene rings is 8. The molecule has 1 saturated heterocycles. The van der Waals surface area contributed by atoms with Gasteiger partial charge >= 0.3 is 0 Å². The van der Waals surface area contributed by atoms with E-state index in [0.717, 1.165) is 27.5 Å². The molecule has 0 bridgehead atoms. The SMILES string of the molecule is c1ccc(C2NC(c3ccccc3)NC(c3ccc4c(c3)oc3ccc(-c5ccc6c(c5)C5(c7ccccc7-c7ccccc75)c5ccccc5-6)cc34)N2)cc1. The van der Waals surface area contributed by atoms with Gasteiger partial charge in [0, 0.05) is 10.8 Å². The smallest absolute Gasteiger partial charge is 0.135 e. The van der Waals surface area contributed by atoms with Crippen LogP contribution < -0.4 is 16.0 Å². The lowest BCUT2D eigenvalue weighted by Crippen LogP contribution is -2.54. The van der Waals surface area contributed by atoms with Crippen molar-refractivity contribution in [3.8, 4) is 33.4 Å². The zero-order valence-electron chi connectivity index (χ0n) is 30.5. The Kier molecular flexibility index (Phi) is 6.93. The van der Waals surface area contributed by atoms with Gasteiger partial charge in [0.15, 0.2) is 0 Å². The molecule has 2 unspecified atom stereocenters. The number of hydrogen-bond donors (Lipinski definition) is 3. The van der Waals surface area contributed by atoms with Crippen LogP contribution in [0.5, 0.6) is 0 Å². The summed E-state index contributed by atoms with van der Waals surface area (Å²) in [5, 5.41) is 13.6. The largest absolute Gasteiger partial charge is 0.456 e. The highest BCUT2D eigenvalue weighted by atomic mass is 16.3. The van der Waals surface area contributed by atoms with E-state index in [2.05, 4.69) is 204 Å². The lowest BCUT2D eigenvalue weighted by atomic mass is 9.70. The molecule has 266 valence electrons. The van der Waals surface area contributed by atoms with Gasteiger partial charge < -0.3 is 4.42 Å². The van der Waals surface area contributed by atoms with Crippen LogP contribution >= 0.6 is 0 Å². The van der Waals surface area contributed by atoms with Crippen molar-refractivity contribution in [1.29, 1.82) is 0 Å². The number of rotatable bonds is 4. The average Bonchev–Trinajstić information content (AvgIpc) is 3.90. The minimum absolute atomic E-state index is 0.0352. The number of furan rings is 1. The van der Waals surface area contributed by atoms with E-state index in [1.165, 1.54) is 66.8 Å². The number of nitrogens with one attached hydrogen (secondary N) is 3. The highest BCUT2D eigenvalue weighted by molar-refractivity contribution is 6.06. The van der Waals surface area contributed by atoms with Gasteiger partial charge in [0.25, 0.3) is 0 Å². The third-order valence-corrected chi connectivity index (χ3v) is 12.4. The van der Waals surface area contributed by atoms with Crippen LogP contribution in [0.4, 0.5) is 0 Å². The van der Waals surface area contributed by atoms with Gasteiger partial charge in [-0.1, -0.05) is 164 Å². The molecule has 3 N–H and O–H groups in total. The van der Waals surface area contributed by atoms with E-state index >= 15 is 0 Å². The topological polar surface area (TPSA) is 49.2 Å². The summed E-state index contributed by atoms with van der Waals surface area (Å²) < 4.78 is 6.60. The van der Waals surface area contributed by atoms with Gasteiger partial charge in [-0.05, 0) is 96.6 Å². The summed E-state index contributed by atoms with van der Waals surface area (Å²) in [4.78, 5) is 0. The first kappa shape index (κ1) is 31.8. The van der Waals surface area contributed by atoms with E-state index in [4.69, 9.17) is 4.42 Å². The number of fused-ring (bicyclic) bond motifs is 13. The zero-order chi connectivity index (χ0) is 36.8. The van der Waals surface area contributed by atoms with Gasteiger partial charge in [0.05, 0.1) is 23.9 Å². The highest BCUT2D eigenvalue weighted by Crippen LogP contribution is 2.63. The average molecular weight is 720 g/mol. The van der Waals surface area contributed by atoms with E-state index < -0.39 is 0 Å². The maximum atomic E-state index is 6.60. The first-order chi connectivity index (χ1) is 27.7. The van der Waals surface area contributed by atoms with Crippen LogP contribution in [0.25, 0.3) is 55.3 Å². The van der Waals surface area contributed by atoms with Crippen molar-refractivity contribution in [3.63, 3.8) is 0 Å². The molecule has 1 spiro atoms. The molecule has 12 rings (SSSR count). The summed E-state index contributed by atoms with van der Waals surface area (Å²) in [6.07, 6.45) is -0.174. The van der Waals surface area contributed by atoms with Gasteiger partial charge in [-0.25, -0.2) is 0 Å². The summed E-state index contributed by atoms with van der Waals surface area (Å²) >= 11 is 0. The van der Waals surface area contributed by atoms with Gasteiger partial charge in [0.2, 0.25) is 0 Å². The van der Waals surface area contributed by atoms with Crippen LogP contribution in [0.2, 0.25) is 0 Å². The molecule has 0 amide bonds. The van der Waals surface area contributed by atoms with E-state index in [1.807, 2.05) is 0 Å². The quantitative estimate of drug-likeness (QED) is 0.169. The molecule has 4 heteroatoms. The highest BCUT2D eigenvalue weighted by Gasteiger charge is 2.51. The molecule has 1 aliphatic heterocycles. The van der Waals surface area contributed by atoms with Gasteiger partial charge in [0.1, 0.15) is 11.2 Å².